The maximum Gasteiger partial charge on any atom is 0.295 e. The Morgan fingerprint density at radius 1 is 1.25 bits per heavy atom. The number of hydrogen-bond donors (Lipinski definition) is 1. The molecule has 0 aliphatic carbocycles. The second-order valence-corrected chi connectivity index (χ2v) is 6.20. The van der Waals surface area contributed by atoms with Crippen LogP contribution in [-0.4, -0.2) is 21.8 Å². The molecule has 122 valence electrons. The first-order chi connectivity index (χ1) is 11.4. The summed E-state index contributed by atoms with van der Waals surface area (Å²) in [6, 6.07) is 7.85. The van der Waals surface area contributed by atoms with Gasteiger partial charge in [0.1, 0.15) is 11.6 Å². The first kappa shape index (κ1) is 16.3. The number of pyridine rings is 1. The Balaban J connectivity index is 2.16. The Kier molecular flexibility index (Phi) is 4.19. The van der Waals surface area contributed by atoms with E-state index in [1.54, 1.807) is 12.1 Å². The number of aliphatic hydroxyl groups excluding tert-OH is 1. The molecule has 0 bridgehead atoms. The lowest BCUT2D eigenvalue weighted by atomic mass is 9.97. The second kappa shape index (κ2) is 6.16. The minimum atomic E-state index is -0.857. The standard InChI is InChI=1S/C17H12BrFN2O3/c1-9(22)14-15(10-2-5-12(19)6-3-10)21(17(24)16(14)23)13-7-4-11(18)8-20-13/h2-8,15,23H,1H3/t15-/m0/s1. The van der Waals surface area contributed by atoms with Gasteiger partial charge in [0, 0.05) is 10.7 Å². The number of Topliss-reactive ketones (excluding diaryl/α,β-unsaturated/α-hetero) is 1. The van der Waals surface area contributed by atoms with Gasteiger partial charge in [0.05, 0.1) is 11.6 Å². The molecule has 1 aliphatic heterocycles. The molecule has 2 heterocycles. The van der Waals surface area contributed by atoms with Crippen LogP contribution in [0.5, 0.6) is 0 Å². The van der Waals surface area contributed by atoms with Gasteiger partial charge in [0.25, 0.3) is 5.91 Å². The molecule has 0 saturated carbocycles. The number of carbonyl (C=O) groups excluding carboxylic acids is 2. The number of halogens is 2. The number of amides is 1. The number of carbonyl (C=O) groups is 2. The van der Waals surface area contributed by atoms with E-state index < -0.39 is 29.3 Å². The van der Waals surface area contributed by atoms with Crippen molar-refractivity contribution in [3.63, 3.8) is 0 Å². The Morgan fingerprint density at radius 3 is 2.46 bits per heavy atom. The molecule has 0 fully saturated rings. The van der Waals surface area contributed by atoms with Crippen LogP contribution < -0.4 is 4.90 Å². The molecule has 3 rings (SSSR count). The number of aliphatic hydroxyl groups is 1. The Labute approximate surface area is 145 Å². The van der Waals surface area contributed by atoms with Crippen molar-refractivity contribution in [2.45, 2.75) is 13.0 Å². The summed E-state index contributed by atoms with van der Waals surface area (Å²) >= 11 is 3.26. The lowest BCUT2D eigenvalue weighted by Gasteiger charge is -2.25. The van der Waals surface area contributed by atoms with E-state index in [1.165, 1.54) is 42.3 Å². The summed E-state index contributed by atoms with van der Waals surface area (Å²) in [6.45, 7) is 1.27. The number of ketones is 1. The van der Waals surface area contributed by atoms with E-state index in [0.29, 0.717) is 5.56 Å². The van der Waals surface area contributed by atoms with Crippen molar-refractivity contribution in [1.82, 2.24) is 4.98 Å². The van der Waals surface area contributed by atoms with E-state index in [2.05, 4.69) is 20.9 Å². The van der Waals surface area contributed by atoms with Crippen LogP contribution in [0.1, 0.15) is 18.5 Å². The van der Waals surface area contributed by atoms with Crippen LogP contribution in [0, 0.1) is 5.82 Å². The molecule has 24 heavy (non-hydrogen) atoms. The first-order valence-corrected chi connectivity index (χ1v) is 7.84. The van der Waals surface area contributed by atoms with Crippen molar-refractivity contribution in [2.75, 3.05) is 4.90 Å². The molecule has 5 nitrogen and oxygen atoms in total. The Morgan fingerprint density at radius 2 is 1.92 bits per heavy atom. The maximum absolute atomic E-state index is 13.2. The zero-order valence-electron chi connectivity index (χ0n) is 12.5. The zero-order valence-corrected chi connectivity index (χ0v) is 14.1. The largest absolute Gasteiger partial charge is 0.503 e. The lowest BCUT2D eigenvalue weighted by molar-refractivity contribution is -0.117. The van der Waals surface area contributed by atoms with E-state index in [4.69, 9.17) is 0 Å². The van der Waals surface area contributed by atoms with Crippen molar-refractivity contribution in [3.05, 3.63) is 69.8 Å². The minimum absolute atomic E-state index is 0.0312. The first-order valence-electron chi connectivity index (χ1n) is 7.05. The molecule has 7 heteroatoms. The third-order valence-corrected chi connectivity index (χ3v) is 4.20. The highest BCUT2D eigenvalue weighted by Gasteiger charge is 2.43. The number of hydrogen-bond acceptors (Lipinski definition) is 4. The topological polar surface area (TPSA) is 70.5 Å². The maximum atomic E-state index is 13.2. The van der Waals surface area contributed by atoms with Crippen LogP contribution in [0.25, 0.3) is 0 Å². The van der Waals surface area contributed by atoms with Crippen LogP contribution in [0.4, 0.5) is 10.2 Å². The molecular formula is C17H12BrFN2O3. The molecule has 0 saturated heterocycles. The fourth-order valence-corrected chi connectivity index (χ4v) is 2.91. The van der Waals surface area contributed by atoms with E-state index in [-0.39, 0.29) is 11.4 Å². The van der Waals surface area contributed by atoms with Crippen LogP contribution >= 0.6 is 15.9 Å². The molecule has 0 spiro atoms. The highest BCUT2D eigenvalue weighted by atomic mass is 79.9. The third kappa shape index (κ3) is 2.71. The van der Waals surface area contributed by atoms with Gasteiger partial charge in [-0.3, -0.25) is 14.5 Å². The van der Waals surface area contributed by atoms with Crippen molar-refractivity contribution < 1.29 is 19.1 Å². The normalized spacial score (nSPS) is 17.5. The second-order valence-electron chi connectivity index (χ2n) is 5.28. The van der Waals surface area contributed by atoms with Gasteiger partial charge in [-0.1, -0.05) is 12.1 Å². The summed E-state index contributed by atoms with van der Waals surface area (Å²) in [4.78, 5) is 29.9. The summed E-state index contributed by atoms with van der Waals surface area (Å²) < 4.78 is 13.9. The van der Waals surface area contributed by atoms with Gasteiger partial charge in [0.15, 0.2) is 11.5 Å². The van der Waals surface area contributed by atoms with Crippen molar-refractivity contribution in [3.8, 4) is 0 Å². The highest BCUT2D eigenvalue weighted by molar-refractivity contribution is 9.10. The number of rotatable bonds is 3. The highest BCUT2D eigenvalue weighted by Crippen LogP contribution is 2.40. The number of aromatic nitrogens is 1. The Hall–Kier alpha value is -2.54. The van der Waals surface area contributed by atoms with Crippen molar-refractivity contribution in [2.24, 2.45) is 0 Å². The summed E-state index contributed by atoms with van der Waals surface area (Å²) in [5.74, 6) is -1.92. The summed E-state index contributed by atoms with van der Waals surface area (Å²) in [5.41, 5.74) is 0.472. The molecular weight excluding hydrogens is 379 g/mol. The summed E-state index contributed by atoms with van der Waals surface area (Å²) in [7, 11) is 0. The number of anilines is 1. The SMILES string of the molecule is CC(=O)C1=C(O)C(=O)N(c2ccc(Br)cn2)[C@H]1c1ccc(F)cc1. The summed E-state index contributed by atoms with van der Waals surface area (Å²) in [6.07, 6.45) is 1.51. The molecule has 1 aliphatic rings. The van der Waals surface area contributed by atoms with Crippen LogP contribution in [-0.2, 0) is 9.59 Å². The lowest BCUT2D eigenvalue weighted by Crippen LogP contribution is -2.31. The quantitative estimate of drug-likeness (QED) is 0.870. The molecule has 1 N–H and O–H groups in total. The van der Waals surface area contributed by atoms with E-state index in [1.807, 2.05) is 0 Å². The average Bonchev–Trinajstić information content (AvgIpc) is 2.81. The fraction of sp³-hybridized carbons (Fsp3) is 0.118. The van der Waals surface area contributed by atoms with Crippen LogP contribution in [0.3, 0.4) is 0 Å². The zero-order chi connectivity index (χ0) is 17.4. The average molecular weight is 391 g/mol. The molecule has 0 radical (unpaired) electrons. The van der Waals surface area contributed by atoms with E-state index in [0.717, 1.165) is 4.47 Å². The smallest absolute Gasteiger partial charge is 0.295 e. The predicted molar refractivity (Wildman–Crippen MR) is 88.9 cm³/mol. The number of nitrogens with zero attached hydrogens (tertiary/aromatic N) is 2. The van der Waals surface area contributed by atoms with Crippen LogP contribution in [0.2, 0.25) is 0 Å². The molecule has 2 aromatic rings. The Bertz CT molecular complexity index is 847. The molecule has 1 aromatic carbocycles. The van der Waals surface area contributed by atoms with Gasteiger partial charge in [-0.05, 0) is 52.7 Å². The van der Waals surface area contributed by atoms with Crippen LogP contribution in [0.15, 0.2) is 58.4 Å². The van der Waals surface area contributed by atoms with E-state index in [9.17, 15) is 19.1 Å². The molecule has 1 aromatic heterocycles. The van der Waals surface area contributed by atoms with Crippen molar-refractivity contribution >= 4 is 33.4 Å². The molecule has 1 amide bonds. The monoisotopic (exact) mass is 390 g/mol. The summed E-state index contributed by atoms with van der Waals surface area (Å²) in [5, 5.41) is 10.2. The van der Waals surface area contributed by atoms with Gasteiger partial charge in [-0.25, -0.2) is 9.37 Å². The van der Waals surface area contributed by atoms with Gasteiger partial charge < -0.3 is 5.11 Å². The third-order valence-electron chi connectivity index (χ3n) is 3.73. The van der Waals surface area contributed by atoms with Gasteiger partial charge in [0.2, 0.25) is 0 Å². The van der Waals surface area contributed by atoms with E-state index >= 15 is 0 Å². The van der Waals surface area contributed by atoms with Gasteiger partial charge in [-0.2, -0.15) is 0 Å². The fourth-order valence-electron chi connectivity index (χ4n) is 2.67. The number of benzene rings is 1. The van der Waals surface area contributed by atoms with Gasteiger partial charge >= 0.3 is 0 Å². The predicted octanol–water partition coefficient (Wildman–Crippen LogP) is 3.47. The van der Waals surface area contributed by atoms with Gasteiger partial charge in [-0.15, -0.1) is 0 Å². The minimum Gasteiger partial charge on any atom is -0.503 e. The molecule has 0 unspecified atom stereocenters. The molecule has 1 atom stereocenters. The van der Waals surface area contributed by atoms with Crippen molar-refractivity contribution in [1.29, 1.82) is 0 Å².